The van der Waals surface area contributed by atoms with Gasteiger partial charge in [-0.3, -0.25) is 10.1 Å². The molecular formula is C15H23ClN2O3. The van der Waals surface area contributed by atoms with Crippen LogP contribution in [0.2, 0.25) is 0 Å². The van der Waals surface area contributed by atoms with Gasteiger partial charge in [-0.1, -0.05) is 19.1 Å². The molecule has 1 aromatic carbocycles. The number of fused-ring (bicyclic) bond motifs is 1. The number of hydrogen-bond donors (Lipinski definition) is 3. The van der Waals surface area contributed by atoms with E-state index in [0.717, 1.165) is 17.7 Å². The number of ether oxygens (including phenoxy) is 1. The molecule has 21 heavy (non-hydrogen) atoms. The average molecular weight is 315 g/mol. The van der Waals surface area contributed by atoms with Gasteiger partial charge >= 0.3 is 0 Å². The van der Waals surface area contributed by atoms with Crippen molar-refractivity contribution in [3.63, 3.8) is 0 Å². The molecule has 0 spiro atoms. The topological polar surface area (TPSA) is 70.6 Å². The Morgan fingerprint density at radius 2 is 2.14 bits per heavy atom. The van der Waals surface area contributed by atoms with Crippen LogP contribution in [0, 0.1) is 0 Å². The van der Waals surface area contributed by atoms with E-state index in [0.29, 0.717) is 18.6 Å². The summed E-state index contributed by atoms with van der Waals surface area (Å²) in [5, 5.41) is 15.7. The van der Waals surface area contributed by atoms with E-state index in [4.69, 9.17) is 4.74 Å². The lowest BCUT2D eigenvalue weighted by molar-refractivity contribution is -0.116. The molecule has 5 nitrogen and oxygen atoms in total. The molecule has 1 aliphatic heterocycles. The summed E-state index contributed by atoms with van der Waals surface area (Å²) in [6.45, 7) is 5.31. The van der Waals surface area contributed by atoms with E-state index >= 15 is 0 Å². The lowest BCUT2D eigenvalue weighted by Gasteiger charge is -2.29. The number of rotatable bonds is 5. The molecule has 0 radical (unpaired) electrons. The zero-order valence-corrected chi connectivity index (χ0v) is 13.4. The number of aliphatic hydroxyl groups is 1. The van der Waals surface area contributed by atoms with Crippen LogP contribution in [0.3, 0.4) is 0 Å². The first-order chi connectivity index (χ1) is 9.39. The summed E-state index contributed by atoms with van der Waals surface area (Å²) >= 11 is 0. The van der Waals surface area contributed by atoms with E-state index in [2.05, 4.69) is 10.6 Å². The Kier molecular flexibility index (Phi) is 6.01. The molecule has 1 heterocycles. The minimum Gasteiger partial charge on any atom is -0.473 e. The Balaban J connectivity index is 0.00000220. The van der Waals surface area contributed by atoms with Gasteiger partial charge in [0, 0.05) is 6.42 Å². The van der Waals surface area contributed by atoms with E-state index in [9.17, 15) is 9.90 Å². The SMILES string of the molecule is CCC(NC(C)(C)O)Oc1cccc2c1NC(=O)CC2.Cl. The molecule has 2 rings (SSSR count). The highest BCUT2D eigenvalue weighted by atomic mass is 35.5. The largest absolute Gasteiger partial charge is 0.473 e. The van der Waals surface area contributed by atoms with Crippen molar-refractivity contribution in [2.24, 2.45) is 0 Å². The molecule has 0 saturated heterocycles. The van der Waals surface area contributed by atoms with Crippen molar-refractivity contribution in [2.75, 3.05) is 5.32 Å². The Labute approximate surface area is 131 Å². The highest BCUT2D eigenvalue weighted by Crippen LogP contribution is 2.33. The predicted octanol–water partition coefficient (Wildman–Crippen LogP) is 2.43. The van der Waals surface area contributed by atoms with Gasteiger partial charge in [-0.25, -0.2) is 0 Å². The zero-order valence-electron chi connectivity index (χ0n) is 12.6. The number of benzene rings is 1. The van der Waals surface area contributed by atoms with Crippen LogP contribution >= 0.6 is 12.4 Å². The van der Waals surface area contributed by atoms with Gasteiger partial charge in [0.25, 0.3) is 0 Å². The summed E-state index contributed by atoms with van der Waals surface area (Å²) < 4.78 is 5.90. The second-order valence-corrected chi connectivity index (χ2v) is 5.56. The Bertz CT molecular complexity index is 500. The third kappa shape index (κ3) is 4.88. The van der Waals surface area contributed by atoms with Gasteiger partial charge in [0.15, 0.2) is 6.23 Å². The molecule has 1 amide bonds. The standard InChI is InChI=1S/C15H22N2O3.ClH/c1-4-13(17-15(2,3)19)20-11-7-5-6-10-8-9-12(18)16-14(10)11;/h5-7,13,17,19H,4,8-9H2,1-3H3,(H,16,18);1H. The Hall–Kier alpha value is -1.30. The molecule has 0 fully saturated rings. The highest BCUT2D eigenvalue weighted by Gasteiger charge is 2.22. The monoisotopic (exact) mass is 314 g/mol. The van der Waals surface area contributed by atoms with Crippen molar-refractivity contribution in [3.05, 3.63) is 23.8 Å². The number of para-hydroxylation sites is 1. The fourth-order valence-electron chi connectivity index (χ4n) is 2.24. The van der Waals surface area contributed by atoms with Gasteiger partial charge in [-0.2, -0.15) is 0 Å². The Morgan fingerprint density at radius 3 is 2.76 bits per heavy atom. The number of carbonyl (C=O) groups is 1. The van der Waals surface area contributed by atoms with Crippen molar-refractivity contribution in [2.45, 2.75) is 52.0 Å². The quantitative estimate of drug-likeness (QED) is 0.730. The van der Waals surface area contributed by atoms with E-state index < -0.39 is 5.72 Å². The Morgan fingerprint density at radius 1 is 1.43 bits per heavy atom. The summed E-state index contributed by atoms with van der Waals surface area (Å²) in [7, 11) is 0. The fraction of sp³-hybridized carbons (Fsp3) is 0.533. The molecule has 3 N–H and O–H groups in total. The molecule has 0 saturated carbocycles. The summed E-state index contributed by atoms with van der Waals surface area (Å²) in [6.07, 6.45) is 1.62. The van der Waals surface area contributed by atoms with E-state index in [-0.39, 0.29) is 24.5 Å². The zero-order chi connectivity index (χ0) is 14.8. The van der Waals surface area contributed by atoms with Crippen LogP contribution < -0.4 is 15.4 Å². The van der Waals surface area contributed by atoms with Gasteiger partial charge in [0.1, 0.15) is 11.5 Å². The maximum atomic E-state index is 11.5. The minimum atomic E-state index is -1.02. The second kappa shape index (κ2) is 7.11. The second-order valence-electron chi connectivity index (χ2n) is 5.56. The molecule has 6 heteroatoms. The lowest BCUT2D eigenvalue weighted by atomic mass is 10.0. The van der Waals surface area contributed by atoms with Gasteiger partial charge in [-0.05, 0) is 38.3 Å². The first kappa shape index (κ1) is 17.8. The van der Waals surface area contributed by atoms with Crippen LogP contribution in [-0.4, -0.2) is 23.0 Å². The molecule has 1 aromatic rings. The molecule has 0 bridgehead atoms. The first-order valence-corrected chi connectivity index (χ1v) is 6.97. The lowest BCUT2D eigenvalue weighted by Crippen LogP contribution is -2.48. The smallest absolute Gasteiger partial charge is 0.224 e. The van der Waals surface area contributed by atoms with E-state index in [1.165, 1.54) is 0 Å². The minimum absolute atomic E-state index is 0. The average Bonchev–Trinajstić information content (AvgIpc) is 2.37. The highest BCUT2D eigenvalue weighted by molar-refractivity contribution is 5.95. The van der Waals surface area contributed by atoms with Crippen LogP contribution in [-0.2, 0) is 11.2 Å². The molecule has 1 aliphatic rings. The summed E-state index contributed by atoms with van der Waals surface area (Å²) in [5.74, 6) is 0.649. The molecule has 118 valence electrons. The number of hydrogen-bond acceptors (Lipinski definition) is 4. The molecule has 1 unspecified atom stereocenters. The maximum Gasteiger partial charge on any atom is 0.224 e. The molecule has 0 aromatic heterocycles. The number of aryl methyl sites for hydroxylation is 1. The summed E-state index contributed by atoms with van der Waals surface area (Å²) in [5.41, 5.74) is 0.818. The van der Waals surface area contributed by atoms with Crippen LogP contribution in [0.5, 0.6) is 5.75 Å². The van der Waals surface area contributed by atoms with Crippen LogP contribution in [0.15, 0.2) is 18.2 Å². The van der Waals surface area contributed by atoms with Crippen LogP contribution in [0.4, 0.5) is 5.69 Å². The van der Waals surface area contributed by atoms with Gasteiger partial charge < -0.3 is 15.2 Å². The van der Waals surface area contributed by atoms with Gasteiger partial charge in [0.05, 0.1) is 5.69 Å². The normalized spacial score (nSPS) is 15.5. The van der Waals surface area contributed by atoms with Crippen molar-refractivity contribution in [1.29, 1.82) is 0 Å². The van der Waals surface area contributed by atoms with Crippen LogP contribution in [0.1, 0.15) is 39.2 Å². The molecule has 1 atom stereocenters. The van der Waals surface area contributed by atoms with Crippen molar-refractivity contribution in [3.8, 4) is 5.75 Å². The number of anilines is 1. The number of nitrogens with one attached hydrogen (secondary N) is 2. The molecular weight excluding hydrogens is 292 g/mol. The fourth-order valence-corrected chi connectivity index (χ4v) is 2.24. The number of carbonyl (C=O) groups excluding carboxylic acids is 1. The maximum absolute atomic E-state index is 11.5. The number of amides is 1. The third-order valence-electron chi connectivity index (χ3n) is 3.15. The van der Waals surface area contributed by atoms with E-state index in [1.807, 2.05) is 25.1 Å². The van der Waals surface area contributed by atoms with Crippen molar-refractivity contribution in [1.82, 2.24) is 5.32 Å². The molecule has 0 aliphatic carbocycles. The summed E-state index contributed by atoms with van der Waals surface area (Å²) in [4.78, 5) is 11.5. The van der Waals surface area contributed by atoms with Crippen molar-refractivity contribution >= 4 is 24.0 Å². The van der Waals surface area contributed by atoms with Crippen molar-refractivity contribution < 1.29 is 14.6 Å². The number of halogens is 1. The van der Waals surface area contributed by atoms with Gasteiger partial charge in [0.2, 0.25) is 5.91 Å². The first-order valence-electron chi connectivity index (χ1n) is 6.97. The van der Waals surface area contributed by atoms with Crippen LogP contribution in [0.25, 0.3) is 0 Å². The van der Waals surface area contributed by atoms with Gasteiger partial charge in [-0.15, -0.1) is 12.4 Å². The summed E-state index contributed by atoms with van der Waals surface area (Å²) in [6, 6.07) is 5.74. The third-order valence-corrected chi connectivity index (χ3v) is 3.15. The predicted molar refractivity (Wildman–Crippen MR) is 84.8 cm³/mol. The van der Waals surface area contributed by atoms with E-state index in [1.54, 1.807) is 13.8 Å².